The predicted molar refractivity (Wildman–Crippen MR) is 119 cm³/mol. The van der Waals surface area contributed by atoms with Crippen LogP contribution in [0.3, 0.4) is 0 Å². The van der Waals surface area contributed by atoms with Crippen LogP contribution in [0.5, 0.6) is 0 Å². The van der Waals surface area contributed by atoms with Crippen molar-refractivity contribution in [3.05, 3.63) is 0 Å². The number of amides is 4. The molecule has 0 saturated heterocycles. The molecule has 0 aliphatic carbocycles. The van der Waals surface area contributed by atoms with Crippen molar-refractivity contribution < 1.29 is 34.2 Å². The van der Waals surface area contributed by atoms with Crippen molar-refractivity contribution in [3.63, 3.8) is 0 Å². The highest BCUT2D eigenvalue weighted by Crippen LogP contribution is 2.07. The van der Waals surface area contributed by atoms with Gasteiger partial charge in [-0.05, 0) is 44.6 Å². The van der Waals surface area contributed by atoms with Crippen LogP contribution >= 0.6 is 0 Å². The van der Waals surface area contributed by atoms with Gasteiger partial charge in [0, 0.05) is 6.42 Å². The second kappa shape index (κ2) is 15.9. The van der Waals surface area contributed by atoms with E-state index in [-0.39, 0.29) is 31.6 Å². The van der Waals surface area contributed by atoms with Gasteiger partial charge >= 0.3 is 5.97 Å². The first-order chi connectivity index (χ1) is 15.4. The Bertz CT molecular complexity index is 673. The molecule has 13 nitrogen and oxygen atoms in total. The lowest BCUT2D eigenvalue weighted by atomic mass is 10.0. The summed E-state index contributed by atoms with van der Waals surface area (Å²) in [6.07, 6.45) is 1.30. The van der Waals surface area contributed by atoms with Crippen molar-refractivity contribution in [2.75, 3.05) is 13.2 Å². The van der Waals surface area contributed by atoms with E-state index in [0.29, 0.717) is 19.4 Å². The number of aliphatic carboxylic acids is 1. The molecule has 4 unspecified atom stereocenters. The van der Waals surface area contributed by atoms with E-state index in [1.54, 1.807) is 0 Å². The Morgan fingerprint density at radius 1 is 0.848 bits per heavy atom. The van der Waals surface area contributed by atoms with E-state index >= 15 is 0 Å². The van der Waals surface area contributed by atoms with Crippen molar-refractivity contribution in [2.24, 2.45) is 23.1 Å². The fourth-order valence-electron chi connectivity index (χ4n) is 2.90. The molecule has 0 aliphatic rings. The highest BCUT2D eigenvalue weighted by atomic mass is 16.4. The maximum Gasteiger partial charge on any atom is 0.326 e. The summed E-state index contributed by atoms with van der Waals surface area (Å²) in [5, 5.41) is 26.0. The Labute approximate surface area is 193 Å². The molecule has 4 atom stereocenters. The summed E-state index contributed by atoms with van der Waals surface area (Å²) in [5.74, 6) is -4.19. The number of rotatable bonds is 17. The molecule has 0 bridgehead atoms. The number of aliphatic hydroxyl groups is 1. The fraction of sp³-hybridized carbons (Fsp3) is 0.750. The molecule has 0 aromatic heterocycles. The average molecular weight is 475 g/mol. The molecule has 0 spiro atoms. The lowest BCUT2D eigenvalue weighted by molar-refractivity contribution is -0.142. The zero-order valence-corrected chi connectivity index (χ0v) is 19.2. The molecule has 0 saturated carbocycles. The van der Waals surface area contributed by atoms with Gasteiger partial charge in [0.15, 0.2) is 0 Å². The van der Waals surface area contributed by atoms with Crippen LogP contribution < -0.4 is 33.2 Å². The van der Waals surface area contributed by atoms with Crippen LogP contribution in [0.1, 0.15) is 52.4 Å². The number of carboxylic acids is 1. The van der Waals surface area contributed by atoms with Gasteiger partial charge in [-0.3, -0.25) is 19.2 Å². The molecule has 0 radical (unpaired) electrons. The third kappa shape index (κ3) is 12.7. The van der Waals surface area contributed by atoms with Gasteiger partial charge in [-0.2, -0.15) is 0 Å². The van der Waals surface area contributed by atoms with E-state index in [9.17, 15) is 34.2 Å². The molecule has 0 fully saturated rings. The van der Waals surface area contributed by atoms with E-state index in [4.69, 9.17) is 17.2 Å². The Morgan fingerprint density at radius 3 is 1.88 bits per heavy atom. The number of carboxylic acid groups (broad SMARTS) is 1. The third-order valence-electron chi connectivity index (χ3n) is 4.76. The molecule has 0 rings (SSSR count). The minimum atomic E-state index is -1.43. The van der Waals surface area contributed by atoms with E-state index in [0.717, 1.165) is 0 Å². The lowest BCUT2D eigenvalue weighted by Crippen LogP contribution is -2.58. The topological polar surface area (TPSA) is 240 Å². The number of unbranched alkanes of at least 4 members (excludes halogenated alkanes) is 1. The predicted octanol–water partition coefficient (Wildman–Crippen LogP) is -2.71. The second-order valence-corrected chi connectivity index (χ2v) is 8.23. The molecule has 0 aromatic carbocycles. The largest absolute Gasteiger partial charge is 0.480 e. The molecule has 0 heterocycles. The van der Waals surface area contributed by atoms with Crippen LogP contribution in [0.4, 0.5) is 0 Å². The average Bonchev–Trinajstić information content (AvgIpc) is 2.73. The van der Waals surface area contributed by atoms with E-state index in [1.807, 2.05) is 13.8 Å². The number of carbonyl (C=O) groups excluding carboxylic acids is 4. The van der Waals surface area contributed by atoms with Gasteiger partial charge < -0.3 is 43.4 Å². The molecule has 13 heteroatoms. The first kappa shape index (κ1) is 30.2. The van der Waals surface area contributed by atoms with Crippen molar-refractivity contribution in [1.82, 2.24) is 16.0 Å². The molecule has 0 aromatic rings. The zero-order chi connectivity index (χ0) is 25.6. The first-order valence-electron chi connectivity index (χ1n) is 10.9. The Kier molecular flexibility index (Phi) is 14.6. The molecule has 33 heavy (non-hydrogen) atoms. The van der Waals surface area contributed by atoms with Crippen LogP contribution in [-0.4, -0.2) is 77.1 Å². The highest BCUT2D eigenvalue weighted by Gasteiger charge is 2.30. The standard InChI is InChI=1S/C20H38N6O7/c1-11(2)9-14(25-17(29)12(22)6-7-16(23)28)18(30)26-15(10-27)19(31)24-13(20(32)33)5-3-4-8-21/h11-15,27H,3-10,21-22H2,1-2H3,(H2,23,28)(H,24,31)(H,25,29)(H,26,30)(H,32,33). The quantitative estimate of drug-likeness (QED) is 0.102. The molecular formula is C20H38N6O7. The van der Waals surface area contributed by atoms with E-state index < -0.39 is 60.4 Å². The van der Waals surface area contributed by atoms with Crippen LogP contribution in [-0.2, 0) is 24.0 Å². The van der Waals surface area contributed by atoms with Gasteiger partial charge in [0.05, 0.1) is 12.6 Å². The van der Waals surface area contributed by atoms with Crippen molar-refractivity contribution in [3.8, 4) is 0 Å². The van der Waals surface area contributed by atoms with E-state index in [2.05, 4.69) is 16.0 Å². The SMILES string of the molecule is CC(C)CC(NC(=O)C(N)CCC(N)=O)C(=O)NC(CO)C(=O)NC(CCCCN)C(=O)O. The summed E-state index contributed by atoms with van der Waals surface area (Å²) < 4.78 is 0. The van der Waals surface area contributed by atoms with Crippen molar-refractivity contribution in [1.29, 1.82) is 0 Å². The zero-order valence-electron chi connectivity index (χ0n) is 19.2. The van der Waals surface area contributed by atoms with Gasteiger partial charge in [0.2, 0.25) is 23.6 Å². The van der Waals surface area contributed by atoms with Crippen molar-refractivity contribution >= 4 is 29.6 Å². The van der Waals surface area contributed by atoms with E-state index in [1.165, 1.54) is 0 Å². The van der Waals surface area contributed by atoms with Gasteiger partial charge in [-0.15, -0.1) is 0 Å². The number of hydrogen-bond donors (Lipinski definition) is 8. The number of carbonyl (C=O) groups is 5. The summed E-state index contributed by atoms with van der Waals surface area (Å²) >= 11 is 0. The third-order valence-corrected chi connectivity index (χ3v) is 4.76. The summed E-state index contributed by atoms with van der Waals surface area (Å²) in [6, 6.07) is -4.77. The van der Waals surface area contributed by atoms with Gasteiger partial charge in [0.1, 0.15) is 18.1 Å². The first-order valence-corrected chi connectivity index (χ1v) is 10.9. The maximum atomic E-state index is 12.7. The van der Waals surface area contributed by atoms with Crippen LogP contribution in [0.2, 0.25) is 0 Å². The number of hydrogen-bond acceptors (Lipinski definition) is 8. The summed E-state index contributed by atoms with van der Waals surface area (Å²) in [6.45, 7) is 3.22. The highest BCUT2D eigenvalue weighted by molar-refractivity contribution is 5.94. The number of nitrogens with one attached hydrogen (secondary N) is 3. The number of aliphatic hydroxyl groups excluding tert-OH is 1. The Hall–Kier alpha value is -2.77. The minimum Gasteiger partial charge on any atom is -0.480 e. The van der Waals surface area contributed by atoms with Crippen LogP contribution in [0, 0.1) is 5.92 Å². The monoisotopic (exact) mass is 474 g/mol. The summed E-state index contributed by atoms with van der Waals surface area (Å²) in [4.78, 5) is 59.8. The molecular weight excluding hydrogens is 436 g/mol. The second-order valence-electron chi connectivity index (χ2n) is 8.23. The number of primary amides is 1. The number of nitrogens with two attached hydrogens (primary N) is 3. The van der Waals surface area contributed by atoms with Crippen molar-refractivity contribution in [2.45, 2.75) is 76.5 Å². The summed E-state index contributed by atoms with van der Waals surface area (Å²) in [7, 11) is 0. The Morgan fingerprint density at radius 2 is 1.39 bits per heavy atom. The van der Waals surface area contributed by atoms with Crippen LogP contribution in [0.25, 0.3) is 0 Å². The minimum absolute atomic E-state index is 0.000408. The van der Waals surface area contributed by atoms with Gasteiger partial charge in [-0.25, -0.2) is 4.79 Å². The lowest BCUT2D eigenvalue weighted by Gasteiger charge is -2.25. The summed E-state index contributed by atoms with van der Waals surface area (Å²) in [5.41, 5.74) is 16.2. The van der Waals surface area contributed by atoms with Gasteiger partial charge in [-0.1, -0.05) is 13.8 Å². The van der Waals surface area contributed by atoms with Gasteiger partial charge in [0.25, 0.3) is 0 Å². The molecule has 190 valence electrons. The fourth-order valence-corrected chi connectivity index (χ4v) is 2.90. The smallest absolute Gasteiger partial charge is 0.326 e. The van der Waals surface area contributed by atoms with Crippen LogP contribution in [0.15, 0.2) is 0 Å². The molecule has 11 N–H and O–H groups in total. The Balaban J connectivity index is 5.17. The normalized spacial score (nSPS) is 14.6. The maximum absolute atomic E-state index is 12.7. The molecule has 0 aliphatic heterocycles. The molecule has 4 amide bonds.